The second kappa shape index (κ2) is 6.12. The number of hydrogen-bond donors (Lipinski definition) is 2. The van der Waals surface area contributed by atoms with E-state index in [9.17, 15) is 9.90 Å². The van der Waals surface area contributed by atoms with Crippen LogP contribution in [0.15, 0.2) is 24.3 Å². The van der Waals surface area contributed by atoms with Crippen LogP contribution in [0.1, 0.15) is 10.4 Å². The number of rotatable bonds is 4. The molecule has 1 amide bonds. The van der Waals surface area contributed by atoms with Gasteiger partial charge in [0.05, 0.1) is 5.88 Å². The lowest BCUT2D eigenvalue weighted by atomic mass is 10.2. The molecule has 0 saturated heterocycles. The molecule has 1 aromatic carbocycles. The Hall–Kier alpha value is -0.190. The Morgan fingerprint density at radius 3 is 2.35 bits per heavy atom. The van der Waals surface area contributed by atoms with E-state index in [1.54, 1.807) is 12.1 Å². The van der Waals surface area contributed by atoms with Crippen molar-refractivity contribution < 1.29 is 9.90 Å². The van der Waals surface area contributed by atoms with E-state index < -0.39 is 16.5 Å². The third-order valence-corrected chi connectivity index (χ3v) is 3.58. The molecule has 0 radical (unpaired) electrons. The molecule has 3 nitrogen and oxygen atoms in total. The summed E-state index contributed by atoms with van der Waals surface area (Å²) >= 11 is 22.5. The van der Waals surface area contributed by atoms with Crippen LogP contribution < -0.4 is 5.32 Å². The van der Waals surface area contributed by atoms with Gasteiger partial charge in [0.1, 0.15) is 0 Å². The van der Waals surface area contributed by atoms with E-state index in [1.807, 2.05) is 0 Å². The zero-order chi connectivity index (χ0) is 13.1. The van der Waals surface area contributed by atoms with Crippen molar-refractivity contribution in [3.63, 3.8) is 0 Å². The maximum absolute atomic E-state index is 11.7. The summed E-state index contributed by atoms with van der Waals surface area (Å²) in [6, 6.07) is 6.13. The van der Waals surface area contributed by atoms with Crippen LogP contribution in [0.25, 0.3) is 0 Å². The second-order valence-corrected chi connectivity index (χ2v) is 5.52. The fraction of sp³-hybridized carbons (Fsp3) is 0.300. The molecule has 0 aliphatic rings. The van der Waals surface area contributed by atoms with Crippen LogP contribution in [0, 0.1) is 0 Å². The van der Waals surface area contributed by atoms with Gasteiger partial charge in [0.15, 0.2) is 10.6 Å². The Bertz CT molecular complexity index is 394. The molecule has 1 atom stereocenters. The third-order valence-electron chi connectivity index (χ3n) is 1.95. The number of nitrogens with one attached hydrogen (secondary N) is 1. The van der Waals surface area contributed by atoms with Gasteiger partial charge in [-0.15, -0.1) is 11.6 Å². The predicted molar refractivity (Wildman–Crippen MR) is 70.1 cm³/mol. The van der Waals surface area contributed by atoms with Crippen LogP contribution in [0.3, 0.4) is 0 Å². The predicted octanol–water partition coefficient (Wildman–Crippen LogP) is 2.80. The third kappa shape index (κ3) is 4.19. The van der Waals surface area contributed by atoms with Crippen molar-refractivity contribution in [2.45, 2.75) is 10.6 Å². The molecular formula is C10H9Cl4NO2. The summed E-state index contributed by atoms with van der Waals surface area (Å²) < 4.78 is -1.64. The fourth-order valence-electron chi connectivity index (χ4n) is 0.987. The molecule has 0 bridgehead atoms. The first kappa shape index (κ1) is 14.9. The van der Waals surface area contributed by atoms with Gasteiger partial charge >= 0.3 is 0 Å². The molecule has 2 N–H and O–H groups in total. The summed E-state index contributed by atoms with van der Waals surface area (Å²) in [4.78, 5) is 11.7. The van der Waals surface area contributed by atoms with Crippen LogP contribution in [-0.2, 0) is 0 Å². The minimum Gasteiger partial charge on any atom is -0.370 e. The van der Waals surface area contributed by atoms with Crippen LogP contribution in [-0.4, -0.2) is 27.5 Å². The molecule has 0 aromatic heterocycles. The van der Waals surface area contributed by atoms with E-state index in [2.05, 4.69) is 5.32 Å². The number of amides is 1. The molecule has 7 heteroatoms. The smallest absolute Gasteiger partial charge is 0.253 e. The quantitative estimate of drug-likeness (QED) is 0.663. The van der Waals surface area contributed by atoms with Crippen molar-refractivity contribution in [2.24, 2.45) is 0 Å². The maximum Gasteiger partial charge on any atom is 0.253 e. The van der Waals surface area contributed by atoms with Gasteiger partial charge in [0.2, 0.25) is 0 Å². The number of carbonyl (C=O) groups excluding carboxylic acids is 1. The molecule has 0 fully saturated rings. The van der Waals surface area contributed by atoms with Gasteiger partial charge in [-0.05, 0) is 24.3 Å². The number of benzene rings is 1. The molecular weight excluding hydrogens is 308 g/mol. The zero-order valence-corrected chi connectivity index (χ0v) is 11.5. The van der Waals surface area contributed by atoms with Gasteiger partial charge < -0.3 is 10.4 Å². The van der Waals surface area contributed by atoms with Gasteiger partial charge in [-0.25, -0.2) is 0 Å². The average molecular weight is 317 g/mol. The molecule has 17 heavy (non-hydrogen) atoms. The Morgan fingerprint density at radius 1 is 1.35 bits per heavy atom. The highest BCUT2D eigenvalue weighted by molar-refractivity contribution is 6.52. The highest BCUT2D eigenvalue weighted by Crippen LogP contribution is 2.25. The Balaban J connectivity index is 2.70. The summed E-state index contributed by atoms with van der Waals surface area (Å²) in [5, 5.41) is 12.3. The molecule has 0 spiro atoms. The van der Waals surface area contributed by atoms with E-state index in [1.165, 1.54) is 12.1 Å². The zero-order valence-electron chi connectivity index (χ0n) is 8.46. The lowest BCUT2D eigenvalue weighted by Crippen LogP contribution is -2.47. The van der Waals surface area contributed by atoms with Crippen LogP contribution in [0.5, 0.6) is 0 Å². The van der Waals surface area contributed by atoms with Crippen LogP contribution >= 0.6 is 46.4 Å². The van der Waals surface area contributed by atoms with Crippen LogP contribution in [0.4, 0.5) is 0 Å². The summed E-state index contributed by atoms with van der Waals surface area (Å²) in [7, 11) is 0. The standard InChI is InChI=1S/C10H9Cl4NO2/c11-5-10(13,14)9(17)15-8(16)6-1-3-7(12)4-2-6/h1-4,9,17H,5H2,(H,15,16). The number of hydrogen-bond acceptors (Lipinski definition) is 2. The molecule has 94 valence electrons. The van der Waals surface area contributed by atoms with Gasteiger partial charge in [-0.3, -0.25) is 4.79 Å². The van der Waals surface area contributed by atoms with Crippen molar-refractivity contribution in [3.8, 4) is 0 Å². The normalized spacial score (nSPS) is 13.2. The summed E-state index contributed by atoms with van der Waals surface area (Å²) in [6.07, 6.45) is -1.47. The van der Waals surface area contributed by atoms with E-state index in [-0.39, 0.29) is 5.88 Å². The number of aliphatic hydroxyl groups excluding tert-OH is 1. The Kier molecular flexibility index (Phi) is 5.35. The number of halogens is 4. The van der Waals surface area contributed by atoms with Gasteiger partial charge in [-0.1, -0.05) is 34.8 Å². The largest absolute Gasteiger partial charge is 0.370 e. The monoisotopic (exact) mass is 315 g/mol. The topological polar surface area (TPSA) is 49.3 Å². The number of aliphatic hydroxyl groups is 1. The van der Waals surface area contributed by atoms with Crippen molar-refractivity contribution in [2.75, 3.05) is 5.88 Å². The molecule has 0 heterocycles. The molecule has 0 saturated carbocycles. The first-order valence-electron chi connectivity index (χ1n) is 4.55. The first-order valence-corrected chi connectivity index (χ1v) is 6.22. The minimum absolute atomic E-state index is 0.224. The van der Waals surface area contributed by atoms with E-state index >= 15 is 0 Å². The van der Waals surface area contributed by atoms with Crippen molar-refractivity contribution in [1.29, 1.82) is 0 Å². The number of alkyl halides is 3. The SMILES string of the molecule is O=C(NC(O)C(Cl)(Cl)CCl)c1ccc(Cl)cc1. The highest BCUT2D eigenvalue weighted by atomic mass is 35.5. The Labute approximate surface area is 119 Å². The first-order chi connectivity index (χ1) is 7.86. The second-order valence-electron chi connectivity index (χ2n) is 3.28. The molecule has 0 aliphatic carbocycles. The fourth-order valence-corrected chi connectivity index (χ4v) is 1.37. The summed E-state index contributed by atoms with van der Waals surface area (Å²) in [5.41, 5.74) is 0.326. The van der Waals surface area contributed by atoms with E-state index in [0.29, 0.717) is 10.6 Å². The Morgan fingerprint density at radius 2 is 1.88 bits per heavy atom. The lowest BCUT2D eigenvalue weighted by molar-refractivity contribution is 0.0758. The molecule has 0 aliphatic heterocycles. The van der Waals surface area contributed by atoms with Gasteiger partial charge in [-0.2, -0.15) is 0 Å². The molecule has 1 aromatic rings. The lowest BCUT2D eigenvalue weighted by Gasteiger charge is -2.23. The van der Waals surface area contributed by atoms with Crippen molar-refractivity contribution in [3.05, 3.63) is 34.9 Å². The maximum atomic E-state index is 11.7. The summed E-state index contributed by atoms with van der Waals surface area (Å²) in [6.45, 7) is 0. The number of carbonyl (C=O) groups is 1. The summed E-state index contributed by atoms with van der Waals surface area (Å²) in [5.74, 6) is -0.747. The molecule has 1 rings (SSSR count). The highest BCUT2D eigenvalue weighted by Gasteiger charge is 2.34. The molecule has 1 unspecified atom stereocenters. The van der Waals surface area contributed by atoms with Gasteiger partial charge in [0, 0.05) is 10.6 Å². The van der Waals surface area contributed by atoms with Crippen molar-refractivity contribution in [1.82, 2.24) is 5.32 Å². The minimum atomic E-state index is -1.64. The average Bonchev–Trinajstić information content (AvgIpc) is 2.29. The van der Waals surface area contributed by atoms with Gasteiger partial charge in [0.25, 0.3) is 5.91 Å². The van der Waals surface area contributed by atoms with E-state index in [4.69, 9.17) is 46.4 Å². The van der Waals surface area contributed by atoms with E-state index in [0.717, 1.165) is 0 Å². The van der Waals surface area contributed by atoms with Crippen LogP contribution in [0.2, 0.25) is 5.02 Å². The van der Waals surface area contributed by atoms with Crippen molar-refractivity contribution >= 4 is 52.3 Å².